The van der Waals surface area contributed by atoms with Gasteiger partial charge in [-0.1, -0.05) is 53.5 Å². The van der Waals surface area contributed by atoms with Crippen molar-refractivity contribution in [3.05, 3.63) is 87.8 Å². The van der Waals surface area contributed by atoms with Crippen molar-refractivity contribution in [1.29, 1.82) is 0 Å². The molecule has 4 heterocycles. The topological polar surface area (TPSA) is 109 Å². The van der Waals surface area contributed by atoms with E-state index in [9.17, 15) is 4.79 Å². The molecule has 9 nitrogen and oxygen atoms in total. The van der Waals surface area contributed by atoms with Crippen LogP contribution in [-0.4, -0.2) is 54.8 Å². The first-order chi connectivity index (χ1) is 22.4. The van der Waals surface area contributed by atoms with Gasteiger partial charge in [-0.15, -0.1) is 0 Å². The summed E-state index contributed by atoms with van der Waals surface area (Å²) in [7, 11) is 1.57. The van der Waals surface area contributed by atoms with Gasteiger partial charge in [0.05, 0.1) is 46.0 Å². The molecule has 240 valence electrons. The molecule has 4 aromatic rings. The molecule has 2 atom stereocenters. The minimum absolute atomic E-state index is 0.0890. The van der Waals surface area contributed by atoms with Crippen LogP contribution in [0.1, 0.15) is 30.4 Å². The molecule has 0 spiro atoms. The Hall–Kier alpha value is -3.80. The lowest BCUT2D eigenvalue weighted by molar-refractivity contribution is -0.119. The summed E-state index contributed by atoms with van der Waals surface area (Å²) in [6.45, 7) is 3.05. The minimum Gasteiger partial charge on any atom is -0.481 e. The molecule has 2 aliphatic rings. The van der Waals surface area contributed by atoms with E-state index in [0.717, 1.165) is 25.0 Å². The van der Waals surface area contributed by atoms with E-state index in [0.29, 0.717) is 88.0 Å². The zero-order valence-electron chi connectivity index (χ0n) is 25.3. The number of anilines is 2. The highest BCUT2D eigenvalue weighted by atomic mass is 35.5. The van der Waals surface area contributed by atoms with E-state index >= 15 is 4.39 Å². The van der Waals surface area contributed by atoms with Crippen molar-refractivity contribution in [2.75, 3.05) is 32.1 Å². The molecule has 2 fully saturated rings. The highest BCUT2D eigenvalue weighted by Gasteiger charge is 2.22. The first kappa shape index (κ1) is 32.2. The Kier molecular flexibility index (Phi) is 10.3. The number of nitrogens with one attached hydrogen (secondary N) is 4. The van der Waals surface area contributed by atoms with Gasteiger partial charge in [-0.25, -0.2) is 9.37 Å². The summed E-state index contributed by atoms with van der Waals surface area (Å²) in [6.07, 6.45) is 4.26. The minimum atomic E-state index is -0.354. The van der Waals surface area contributed by atoms with Crippen LogP contribution in [0.25, 0.3) is 22.5 Å². The third kappa shape index (κ3) is 7.27. The predicted molar refractivity (Wildman–Crippen MR) is 178 cm³/mol. The maximum atomic E-state index is 15.4. The van der Waals surface area contributed by atoms with E-state index in [-0.39, 0.29) is 23.9 Å². The standard InChI is InChI=1S/C34H35Cl2FN6O3/c1-45-34-21(17-38-18-22-9-11-29(44)41-22)8-10-26(43-34)24-12-14-40-33(31(24)36)25-5-3-6-27(30(25)35)42-28-7-2-4-20(32(28)37)16-39-19-23-13-15-46-23/h2-8,10,12,14,22-23,38-39,42H,9,11,13,15-19H2,1H3,(H,41,44)/t22-,23-/m1/s1. The molecule has 2 saturated heterocycles. The van der Waals surface area contributed by atoms with E-state index in [1.165, 1.54) is 0 Å². The number of amides is 1. The molecule has 1 amide bonds. The van der Waals surface area contributed by atoms with Crippen LogP contribution in [0.15, 0.2) is 60.8 Å². The largest absolute Gasteiger partial charge is 0.481 e. The van der Waals surface area contributed by atoms with Crippen molar-refractivity contribution >= 4 is 40.5 Å². The molecule has 2 aromatic carbocycles. The van der Waals surface area contributed by atoms with Crippen molar-refractivity contribution < 1.29 is 18.7 Å². The number of carbonyl (C=O) groups is 1. The molecular formula is C34H35Cl2FN6O3. The fraction of sp³-hybridized carbons (Fsp3) is 0.324. The highest BCUT2D eigenvalue weighted by Crippen LogP contribution is 2.41. The zero-order chi connectivity index (χ0) is 32.0. The molecule has 2 aliphatic heterocycles. The van der Waals surface area contributed by atoms with Gasteiger partial charge >= 0.3 is 0 Å². The normalized spacial score (nSPS) is 17.4. The van der Waals surface area contributed by atoms with Crippen LogP contribution in [-0.2, 0) is 22.6 Å². The van der Waals surface area contributed by atoms with Crippen LogP contribution in [0.5, 0.6) is 5.88 Å². The fourth-order valence-corrected chi connectivity index (χ4v) is 6.13. The van der Waals surface area contributed by atoms with Crippen LogP contribution in [0.4, 0.5) is 15.8 Å². The Morgan fingerprint density at radius 1 is 0.957 bits per heavy atom. The average molecular weight is 666 g/mol. The second-order valence-corrected chi connectivity index (χ2v) is 12.1. The van der Waals surface area contributed by atoms with Crippen LogP contribution in [0.2, 0.25) is 10.0 Å². The predicted octanol–water partition coefficient (Wildman–Crippen LogP) is 6.26. The van der Waals surface area contributed by atoms with E-state index in [4.69, 9.17) is 37.7 Å². The highest BCUT2D eigenvalue weighted by molar-refractivity contribution is 6.39. The number of benzene rings is 2. The Balaban J connectivity index is 1.19. The third-order valence-electron chi connectivity index (χ3n) is 8.17. The number of pyridine rings is 2. The van der Waals surface area contributed by atoms with Crippen molar-refractivity contribution in [1.82, 2.24) is 25.9 Å². The van der Waals surface area contributed by atoms with E-state index in [1.54, 1.807) is 43.6 Å². The summed E-state index contributed by atoms with van der Waals surface area (Å²) < 4.78 is 26.5. The quantitative estimate of drug-likeness (QED) is 0.133. The van der Waals surface area contributed by atoms with E-state index in [2.05, 4.69) is 26.3 Å². The Labute approximate surface area is 277 Å². The molecule has 0 unspecified atom stereocenters. The Bertz CT molecular complexity index is 1720. The molecule has 0 bridgehead atoms. The number of rotatable bonds is 13. The lowest BCUT2D eigenvalue weighted by Gasteiger charge is -2.26. The smallest absolute Gasteiger partial charge is 0.220 e. The lowest BCUT2D eigenvalue weighted by Crippen LogP contribution is -2.37. The summed E-state index contributed by atoms with van der Waals surface area (Å²) in [6, 6.07) is 16.4. The number of ether oxygens (including phenoxy) is 2. The van der Waals surface area contributed by atoms with Crippen LogP contribution < -0.4 is 26.0 Å². The lowest BCUT2D eigenvalue weighted by atomic mass is 10.0. The molecule has 12 heteroatoms. The van der Waals surface area contributed by atoms with Gasteiger partial charge in [-0.2, -0.15) is 0 Å². The molecule has 0 aliphatic carbocycles. The molecular weight excluding hydrogens is 630 g/mol. The van der Waals surface area contributed by atoms with Gasteiger partial charge in [0, 0.05) is 73.7 Å². The third-order valence-corrected chi connectivity index (χ3v) is 8.96. The second-order valence-electron chi connectivity index (χ2n) is 11.3. The summed E-state index contributed by atoms with van der Waals surface area (Å²) in [4.78, 5) is 20.7. The van der Waals surface area contributed by atoms with E-state index < -0.39 is 0 Å². The van der Waals surface area contributed by atoms with Crippen molar-refractivity contribution in [3.8, 4) is 28.4 Å². The number of nitrogens with zero attached hydrogens (tertiary/aromatic N) is 2. The summed E-state index contributed by atoms with van der Waals surface area (Å²) in [5, 5.41) is 13.5. The fourth-order valence-electron chi connectivity index (χ4n) is 5.55. The average Bonchev–Trinajstić information content (AvgIpc) is 3.46. The Morgan fingerprint density at radius 3 is 2.50 bits per heavy atom. The molecule has 2 aromatic heterocycles. The maximum absolute atomic E-state index is 15.4. The van der Waals surface area contributed by atoms with Crippen molar-refractivity contribution in [2.24, 2.45) is 0 Å². The first-order valence-electron chi connectivity index (χ1n) is 15.3. The first-order valence-corrected chi connectivity index (χ1v) is 16.0. The van der Waals surface area contributed by atoms with Crippen LogP contribution in [0, 0.1) is 5.82 Å². The van der Waals surface area contributed by atoms with Gasteiger partial charge in [0.25, 0.3) is 0 Å². The monoisotopic (exact) mass is 664 g/mol. The summed E-state index contributed by atoms with van der Waals surface area (Å²) in [5.74, 6) is 0.203. The van der Waals surface area contributed by atoms with Gasteiger partial charge in [0.1, 0.15) is 0 Å². The molecule has 4 N–H and O–H groups in total. The number of aromatic nitrogens is 2. The van der Waals surface area contributed by atoms with Gasteiger partial charge in [-0.05, 0) is 37.1 Å². The van der Waals surface area contributed by atoms with Gasteiger partial charge in [0.15, 0.2) is 5.82 Å². The Morgan fingerprint density at radius 2 is 1.74 bits per heavy atom. The number of hydrogen-bond donors (Lipinski definition) is 4. The molecule has 46 heavy (non-hydrogen) atoms. The molecule has 6 rings (SSSR count). The summed E-state index contributed by atoms with van der Waals surface area (Å²) in [5.41, 5.74) is 4.57. The zero-order valence-corrected chi connectivity index (χ0v) is 26.8. The van der Waals surface area contributed by atoms with Crippen molar-refractivity contribution in [3.63, 3.8) is 0 Å². The summed E-state index contributed by atoms with van der Waals surface area (Å²) >= 11 is 13.8. The SMILES string of the molecule is COc1nc(-c2ccnc(-c3cccc(Nc4cccc(CNC[C@H]5CCO5)c4F)c3Cl)c2Cl)ccc1CNC[C@H]1CCC(=O)N1. The van der Waals surface area contributed by atoms with Crippen LogP contribution in [0.3, 0.4) is 0 Å². The second kappa shape index (κ2) is 14.7. The van der Waals surface area contributed by atoms with Gasteiger partial charge in [-0.3, -0.25) is 9.78 Å². The number of methoxy groups -OCH3 is 1. The van der Waals surface area contributed by atoms with Crippen molar-refractivity contribution in [2.45, 2.75) is 44.5 Å². The number of carbonyl (C=O) groups excluding carboxylic acids is 1. The maximum Gasteiger partial charge on any atom is 0.220 e. The molecule has 0 saturated carbocycles. The number of halogens is 3. The van der Waals surface area contributed by atoms with Gasteiger partial charge in [0.2, 0.25) is 11.8 Å². The van der Waals surface area contributed by atoms with E-state index in [1.807, 2.05) is 24.3 Å². The van der Waals surface area contributed by atoms with Crippen LogP contribution >= 0.6 is 23.2 Å². The number of hydrogen-bond acceptors (Lipinski definition) is 8. The molecule has 0 radical (unpaired) electrons. The van der Waals surface area contributed by atoms with Gasteiger partial charge < -0.3 is 30.7 Å².